The Bertz CT molecular complexity index is 303. The molecule has 4 heteroatoms. The maximum atomic E-state index is 11.6. The van der Waals surface area contributed by atoms with E-state index in [1.165, 1.54) is 32.1 Å². The highest BCUT2D eigenvalue weighted by atomic mass is 16.6. The number of amides is 1. The minimum atomic E-state index is -0.409. The fourth-order valence-corrected chi connectivity index (χ4v) is 3.21. The van der Waals surface area contributed by atoms with Crippen molar-refractivity contribution in [1.82, 2.24) is 10.6 Å². The van der Waals surface area contributed by atoms with Crippen LogP contribution in [0.2, 0.25) is 0 Å². The highest BCUT2D eigenvalue weighted by molar-refractivity contribution is 5.67. The van der Waals surface area contributed by atoms with Gasteiger partial charge in [-0.3, -0.25) is 0 Å². The zero-order valence-corrected chi connectivity index (χ0v) is 11.8. The molecule has 104 valence electrons. The lowest BCUT2D eigenvalue weighted by Gasteiger charge is -2.24. The lowest BCUT2D eigenvalue weighted by Crippen LogP contribution is -2.38. The van der Waals surface area contributed by atoms with E-state index in [0.717, 1.165) is 13.1 Å². The molecular weight excluding hydrogens is 228 g/mol. The van der Waals surface area contributed by atoms with Crippen molar-refractivity contribution in [1.29, 1.82) is 0 Å². The lowest BCUT2D eigenvalue weighted by atomic mass is 9.94. The van der Waals surface area contributed by atoms with Gasteiger partial charge in [-0.1, -0.05) is 0 Å². The largest absolute Gasteiger partial charge is 0.444 e. The van der Waals surface area contributed by atoms with Crippen LogP contribution in [0.3, 0.4) is 0 Å². The second kappa shape index (κ2) is 5.08. The van der Waals surface area contributed by atoms with E-state index in [-0.39, 0.29) is 6.09 Å². The summed E-state index contributed by atoms with van der Waals surface area (Å²) < 4.78 is 5.25. The van der Waals surface area contributed by atoms with Gasteiger partial charge in [0.25, 0.3) is 0 Å². The van der Waals surface area contributed by atoms with Crippen LogP contribution < -0.4 is 10.6 Å². The number of hydrogen-bond acceptors (Lipinski definition) is 3. The van der Waals surface area contributed by atoms with Gasteiger partial charge in [-0.05, 0) is 65.3 Å². The highest BCUT2D eigenvalue weighted by Gasteiger charge is 2.40. The van der Waals surface area contributed by atoms with Gasteiger partial charge in [0, 0.05) is 12.1 Å². The van der Waals surface area contributed by atoms with Crippen LogP contribution in [0.5, 0.6) is 0 Å². The zero-order valence-electron chi connectivity index (χ0n) is 11.8. The Morgan fingerprint density at radius 2 is 2.22 bits per heavy atom. The van der Waals surface area contributed by atoms with E-state index in [1.54, 1.807) is 0 Å². The average molecular weight is 254 g/mol. The molecule has 1 saturated carbocycles. The van der Waals surface area contributed by atoms with E-state index >= 15 is 0 Å². The molecule has 1 aliphatic carbocycles. The molecule has 1 heterocycles. The third kappa shape index (κ3) is 3.61. The second-order valence-corrected chi connectivity index (χ2v) is 6.80. The summed E-state index contributed by atoms with van der Waals surface area (Å²) in [5.74, 6) is 0.600. The first-order chi connectivity index (χ1) is 8.39. The van der Waals surface area contributed by atoms with Crippen molar-refractivity contribution < 1.29 is 9.53 Å². The van der Waals surface area contributed by atoms with Gasteiger partial charge in [0.15, 0.2) is 0 Å². The first kappa shape index (κ1) is 13.7. The molecule has 4 nitrogen and oxygen atoms in total. The lowest BCUT2D eigenvalue weighted by molar-refractivity contribution is 0.0519. The van der Waals surface area contributed by atoms with E-state index in [2.05, 4.69) is 10.6 Å². The van der Waals surface area contributed by atoms with Crippen LogP contribution in [0, 0.1) is 5.92 Å². The predicted octanol–water partition coefficient (Wildman–Crippen LogP) is 2.43. The second-order valence-electron chi connectivity index (χ2n) is 6.80. The Labute approximate surface area is 110 Å². The van der Waals surface area contributed by atoms with Crippen LogP contribution in [0.15, 0.2) is 0 Å². The summed E-state index contributed by atoms with van der Waals surface area (Å²) in [4.78, 5) is 11.6. The van der Waals surface area contributed by atoms with Crippen LogP contribution in [0.1, 0.15) is 52.9 Å². The Hall–Kier alpha value is -0.770. The first-order valence-electron chi connectivity index (χ1n) is 7.10. The summed E-state index contributed by atoms with van der Waals surface area (Å²) in [5, 5.41) is 6.54. The summed E-state index contributed by atoms with van der Waals surface area (Å²) in [6.45, 7) is 7.57. The number of carbonyl (C=O) groups is 1. The molecule has 18 heavy (non-hydrogen) atoms. The van der Waals surface area contributed by atoms with Crippen LogP contribution >= 0.6 is 0 Å². The van der Waals surface area contributed by atoms with Gasteiger partial charge in [0.2, 0.25) is 0 Å². The van der Waals surface area contributed by atoms with Crippen LogP contribution in [0.4, 0.5) is 4.79 Å². The number of nitrogens with one attached hydrogen (secondary N) is 2. The SMILES string of the molecule is CC(C)(C)OC(=O)NCC1CCC2(CCCN2)C1. The van der Waals surface area contributed by atoms with Gasteiger partial charge in [-0.2, -0.15) is 0 Å². The molecule has 2 aliphatic rings. The Morgan fingerprint density at radius 1 is 1.44 bits per heavy atom. The summed E-state index contributed by atoms with van der Waals surface area (Å²) in [5.41, 5.74) is -0.0196. The summed E-state index contributed by atoms with van der Waals surface area (Å²) >= 11 is 0. The molecule has 1 amide bonds. The van der Waals surface area contributed by atoms with E-state index in [0.29, 0.717) is 11.5 Å². The Kier molecular flexibility index (Phi) is 3.85. The maximum Gasteiger partial charge on any atom is 0.407 e. The number of hydrogen-bond donors (Lipinski definition) is 2. The van der Waals surface area contributed by atoms with Gasteiger partial charge in [-0.25, -0.2) is 4.79 Å². The molecule has 0 aromatic carbocycles. The molecular formula is C14H26N2O2. The Balaban J connectivity index is 1.70. The molecule has 1 aliphatic heterocycles. The quantitative estimate of drug-likeness (QED) is 0.795. The van der Waals surface area contributed by atoms with Crippen molar-refractivity contribution in [2.24, 2.45) is 5.92 Å². The summed E-state index contributed by atoms with van der Waals surface area (Å²) in [6, 6.07) is 0. The molecule has 0 radical (unpaired) electrons. The normalized spacial score (nSPS) is 31.8. The number of rotatable bonds is 2. The molecule has 2 atom stereocenters. The molecule has 2 rings (SSSR count). The van der Waals surface area contributed by atoms with Crippen molar-refractivity contribution in [2.45, 2.75) is 64.0 Å². The minimum absolute atomic E-state index is 0.289. The predicted molar refractivity (Wildman–Crippen MR) is 71.5 cm³/mol. The third-order valence-corrected chi connectivity index (χ3v) is 3.98. The molecule has 0 aromatic heterocycles. The molecule has 0 aromatic rings. The zero-order chi connectivity index (χ0) is 13.2. The standard InChI is InChI=1S/C14H26N2O2/c1-13(2,3)18-12(17)15-10-11-5-7-14(9-11)6-4-8-16-14/h11,16H,4-10H2,1-3H3,(H,15,17). The highest BCUT2D eigenvalue weighted by Crippen LogP contribution is 2.39. The number of ether oxygens (including phenoxy) is 1. The van der Waals surface area contributed by atoms with Crippen molar-refractivity contribution in [2.75, 3.05) is 13.1 Å². The van der Waals surface area contributed by atoms with Gasteiger partial charge in [0.05, 0.1) is 0 Å². The fourth-order valence-electron chi connectivity index (χ4n) is 3.21. The summed E-state index contributed by atoms with van der Waals surface area (Å²) in [7, 11) is 0. The van der Waals surface area contributed by atoms with Crippen LogP contribution in [-0.2, 0) is 4.74 Å². The van der Waals surface area contributed by atoms with Gasteiger partial charge >= 0.3 is 6.09 Å². The maximum absolute atomic E-state index is 11.6. The van der Waals surface area contributed by atoms with Crippen LogP contribution in [-0.4, -0.2) is 30.3 Å². The molecule has 2 unspecified atom stereocenters. The van der Waals surface area contributed by atoms with Crippen molar-refractivity contribution in [3.05, 3.63) is 0 Å². The van der Waals surface area contributed by atoms with Gasteiger partial charge in [0.1, 0.15) is 5.60 Å². The van der Waals surface area contributed by atoms with Crippen molar-refractivity contribution in [3.8, 4) is 0 Å². The number of alkyl carbamates (subject to hydrolysis) is 1. The average Bonchev–Trinajstić information content (AvgIpc) is 2.85. The smallest absolute Gasteiger partial charge is 0.407 e. The van der Waals surface area contributed by atoms with Gasteiger partial charge < -0.3 is 15.4 Å². The number of carbonyl (C=O) groups excluding carboxylic acids is 1. The monoisotopic (exact) mass is 254 g/mol. The van der Waals surface area contributed by atoms with E-state index in [1.807, 2.05) is 20.8 Å². The van der Waals surface area contributed by atoms with E-state index in [9.17, 15) is 4.79 Å². The molecule has 0 bridgehead atoms. The Morgan fingerprint density at radius 3 is 2.83 bits per heavy atom. The van der Waals surface area contributed by atoms with E-state index in [4.69, 9.17) is 4.74 Å². The minimum Gasteiger partial charge on any atom is -0.444 e. The van der Waals surface area contributed by atoms with Crippen molar-refractivity contribution in [3.63, 3.8) is 0 Å². The van der Waals surface area contributed by atoms with Crippen molar-refractivity contribution >= 4 is 6.09 Å². The van der Waals surface area contributed by atoms with Gasteiger partial charge in [-0.15, -0.1) is 0 Å². The van der Waals surface area contributed by atoms with E-state index < -0.39 is 5.60 Å². The first-order valence-corrected chi connectivity index (χ1v) is 7.10. The molecule has 2 fully saturated rings. The third-order valence-electron chi connectivity index (χ3n) is 3.98. The topological polar surface area (TPSA) is 50.4 Å². The molecule has 1 saturated heterocycles. The molecule has 2 N–H and O–H groups in total. The molecule has 1 spiro atoms. The fraction of sp³-hybridized carbons (Fsp3) is 0.929. The van der Waals surface area contributed by atoms with Crippen LogP contribution in [0.25, 0.3) is 0 Å². The summed E-state index contributed by atoms with van der Waals surface area (Å²) in [6.07, 6.45) is 5.98.